The van der Waals surface area contributed by atoms with E-state index in [-0.39, 0.29) is 12.5 Å². The van der Waals surface area contributed by atoms with Crippen molar-refractivity contribution in [1.29, 1.82) is 0 Å². The van der Waals surface area contributed by atoms with Gasteiger partial charge in [0.1, 0.15) is 6.42 Å². The van der Waals surface area contributed by atoms with Crippen molar-refractivity contribution in [2.45, 2.75) is 13.0 Å². The fourth-order valence-corrected chi connectivity index (χ4v) is 1.81. The van der Waals surface area contributed by atoms with Gasteiger partial charge in [0, 0.05) is 24.6 Å². The molecule has 1 aromatic heterocycles. The molecule has 7 heteroatoms. The van der Waals surface area contributed by atoms with E-state index < -0.39 is 18.3 Å². The van der Waals surface area contributed by atoms with Gasteiger partial charge in [-0.25, -0.2) is 0 Å². The maximum Gasteiger partial charge on any atom is 0.312 e. The van der Waals surface area contributed by atoms with Gasteiger partial charge in [-0.2, -0.15) is 0 Å². The minimum absolute atomic E-state index is 0.225. The van der Waals surface area contributed by atoms with Crippen LogP contribution in [0, 0.1) is 0 Å². The number of amides is 2. The average molecular weight is 313 g/mol. The highest BCUT2D eigenvalue weighted by atomic mass is 16.4. The first-order valence-electron chi connectivity index (χ1n) is 6.83. The van der Waals surface area contributed by atoms with Crippen molar-refractivity contribution in [1.82, 2.24) is 10.3 Å². The molecule has 0 radical (unpaired) electrons. The molecule has 0 saturated carbocycles. The third-order valence-electron chi connectivity index (χ3n) is 2.94. The molecule has 2 aromatic rings. The molecule has 3 N–H and O–H groups in total. The molecule has 0 fully saturated rings. The molecule has 0 spiro atoms. The number of aliphatic carboxylic acids is 1. The van der Waals surface area contributed by atoms with Crippen molar-refractivity contribution < 1.29 is 19.5 Å². The van der Waals surface area contributed by atoms with Gasteiger partial charge in [0.15, 0.2) is 0 Å². The van der Waals surface area contributed by atoms with E-state index in [9.17, 15) is 14.4 Å². The van der Waals surface area contributed by atoms with Crippen molar-refractivity contribution >= 4 is 23.5 Å². The Hall–Kier alpha value is -3.22. The Morgan fingerprint density at radius 2 is 1.83 bits per heavy atom. The number of carboxylic acids is 1. The monoisotopic (exact) mass is 313 g/mol. The van der Waals surface area contributed by atoms with Gasteiger partial charge in [-0.3, -0.25) is 19.4 Å². The molecule has 0 atom stereocenters. The lowest BCUT2D eigenvalue weighted by Crippen LogP contribution is -2.25. The van der Waals surface area contributed by atoms with Gasteiger partial charge in [0.2, 0.25) is 5.91 Å². The first-order chi connectivity index (χ1) is 11.0. The summed E-state index contributed by atoms with van der Waals surface area (Å²) < 4.78 is 0. The number of hydrogen-bond acceptors (Lipinski definition) is 4. The van der Waals surface area contributed by atoms with E-state index in [1.165, 1.54) is 6.20 Å². The summed E-state index contributed by atoms with van der Waals surface area (Å²) in [5, 5.41) is 13.7. The zero-order chi connectivity index (χ0) is 16.7. The molecule has 0 unspecified atom stereocenters. The molecule has 0 aliphatic rings. The van der Waals surface area contributed by atoms with Crippen LogP contribution in [0.25, 0.3) is 0 Å². The van der Waals surface area contributed by atoms with Crippen LogP contribution in [0.5, 0.6) is 0 Å². The number of pyridine rings is 1. The molecule has 118 valence electrons. The van der Waals surface area contributed by atoms with E-state index >= 15 is 0 Å². The Balaban J connectivity index is 1.88. The lowest BCUT2D eigenvalue weighted by molar-refractivity contribution is -0.140. The molecule has 7 nitrogen and oxygen atoms in total. The predicted octanol–water partition coefficient (Wildman–Crippen LogP) is 1.42. The SMILES string of the molecule is O=C(O)CC(=O)NCc1ccc(NC(=O)c2cccnc2)cc1. The summed E-state index contributed by atoms with van der Waals surface area (Å²) in [5.41, 5.74) is 1.86. The maximum atomic E-state index is 12.0. The molecular weight excluding hydrogens is 298 g/mol. The summed E-state index contributed by atoms with van der Waals surface area (Å²) in [4.78, 5) is 37.5. The number of hydrogen-bond donors (Lipinski definition) is 3. The van der Waals surface area contributed by atoms with Gasteiger partial charge in [0.05, 0.1) is 5.56 Å². The molecule has 2 rings (SSSR count). The molecule has 0 aliphatic heterocycles. The highest BCUT2D eigenvalue weighted by Crippen LogP contribution is 2.11. The fourth-order valence-electron chi connectivity index (χ4n) is 1.81. The van der Waals surface area contributed by atoms with Gasteiger partial charge >= 0.3 is 5.97 Å². The van der Waals surface area contributed by atoms with Crippen LogP contribution in [0.1, 0.15) is 22.3 Å². The Bertz CT molecular complexity index is 699. The van der Waals surface area contributed by atoms with Crippen molar-refractivity contribution in [2.24, 2.45) is 0 Å². The molecule has 2 amide bonds. The Morgan fingerprint density at radius 1 is 1.09 bits per heavy atom. The van der Waals surface area contributed by atoms with Crippen LogP contribution in [0.2, 0.25) is 0 Å². The lowest BCUT2D eigenvalue weighted by atomic mass is 10.2. The van der Waals surface area contributed by atoms with Crippen LogP contribution in [0.4, 0.5) is 5.69 Å². The molecule has 23 heavy (non-hydrogen) atoms. The Morgan fingerprint density at radius 3 is 2.43 bits per heavy atom. The van der Waals surface area contributed by atoms with Crippen LogP contribution >= 0.6 is 0 Å². The van der Waals surface area contributed by atoms with Gasteiger partial charge in [-0.15, -0.1) is 0 Å². The molecule has 0 bridgehead atoms. The van der Waals surface area contributed by atoms with Crippen molar-refractivity contribution in [3.63, 3.8) is 0 Å². The van der Waals surface area contributed by atoms with E-state index in [2.05, 4.69) is 15.6 Å². The van der Waals surface area contributed by atoms with Gasteiger partial charge in [-0.05, 0) is 29.8 Å². The zero-order valence-electron chi connectivity index (χ0n) is 12.2. The second kappa shape index (κ2) is 7.69. The van der Waals surface area contributed by atoms with Gasteiger partial charge in [0.25, 0.3) is 5.91 Å². The highest BCUT2D eigenvalue weighted by molar-refractivity contribution is 6.04. The van der Waals surface area contributed by atoms with E-state index in [0.717, 1.165) is 5.56 Å². The summed E-state index contributed by atoms with van der Waals surface area (Å²) in [6.45, 7) is 0.225. The van der Waals surface area contributed by atoms with Crippen LogP contribution < -0.4 is 10.6 Å². The highest BCUT2D eigenvalue weighted by Gasteiger charge is 2.08. The lowest BCUT2D eigenvalue weighted by Gasteiger charge is -2.07. The summed E-state index contributed by atoms with van der Waals surface area (Å²) in [7, 11) is 0. The molecular formula is C16H15N3O4. The quantitative estimate of drug-likeness (QED) is 0.699. The second-order valence-electron chi connectivity index (χ2n) is 4.74. The fraction of sp³-hybridized carbons (Fsp3) is 0.125. The van der Waals surface area contributed by atoms with Crippen LogP contribution in [-0.2, 0) is 16.1 Å². The number of anilines is 1. The second-order valence-corrected chi connectivity index (χ2v) is 4.74. The molecule has 1 heterocycles. The van der Waals surface area contributed by atoms with Crippen LogP contribution in [0.15, 0.2) is 48.8 Å². The molecule has 0 aliphatic carbocycles. The zero-order valence-corrected chi connectivity index (χ0v) is 12.2. The molecule has 1 aromatic carbocycles. The van der Waals surface area contributed by atoms with E-state index in [0.29, 0.717) is 11.3 Å². The summed E-state index contributed by atoms with van der Waals surface area (Å²) >= 11 is 0. The summed E-state index contributed by atoms with van der Waals surface area (Å²) in [6, 6.07) is 10.2. The maximum absolute atomic E-state index is 12.0. The number of carboxylic acid groups (broad SMARTS) is 1. The smallest absolute Gasteiger partial charge is 0.312 e. The van der Waals surface area contributed by atoms with E-state index in [1.54, 1.807) is 42.6 Å². The topological polar surface area (TPSA) is 108 Å². The van der Waals surface area contributed by atoms with Gasteiger partial charge in [-0.1, -0.05) is 12.1 Å². The molecule has 0 saturated heterocycles. The first kappa shape index (κ1) is 16.2. The van der Waals surface area contributed by atoms with Crippen LogP contribution in [0.3, 0.4) is 0 Å². The normalized spacial score (nSPS) is 9.91. The van der Waals surface area contributed by atoms with E-state index in [4.69, 9.17) is 5.11 Å². The number of rotatable bonds is 6. The third-order valence-corrected chi connectivity index (χ3v) is 2.94. The number of nitrogens with zero attached hydrogens (tertiary/aromatic N) is 1. The summed E-state index contributed by atoms with van der Waals surface area (Å²) in [5.74, 6) is -1.98. The third kappa shape index (κ3) is 5.24. The number of benzene rings is 1. The van der Waals surface area contributed by atoms with Crippen molar-refractivity contribution in [3.05, 3.63) is 59.9 Å². The average Bonchev–Trinajstić information content (AvgIpc) is 2.54. The van der Waals surface area contributed by atoms with Crippen molar-refractivity contribution in [3.8, 4) is 0 Å². The number of carbonyl (C=O) groups excluding carboxylic acids is 2. The number of carbonyl (C=O) groups is 3. The predicted molar refractivity (Wildman–Crippen MR) is 82.7 cm³/mol. The largest absolute Gasteiger partial charge is 0.481 e. The minimum Gasteiger partial charge on any atom is -0.481 e. The van der Waals surface area contributed by atoms with Crippen LogP contribution in [-0.4, -0.2) is 27.9 Å². The number of aromatic nitrogens is 1. The minimum atomic E-state index is -1.17. The number of nitrogens with one attached hydrogen (secondary N) is 2. The first-order valence-corrected chi connectivity index (χ1v) is 6.83. The van der Waals surface area contributed by atoms with E-state index in [1.807, 2.05) is 0 Å². The summed E-state index contributed by atoms with van der Waals surface area (Å²) in [6.07, 6.45) is 2.51. The van der Waals surface area contributed by atoms with Crippen molar-refractivity contribution in [2.75, 3.05) is 5.32 Å². The Labute approximate surface area is 132 Å². The van der Waals surface area contributed by atoms with Gasteiger partial charge < -0.3 is 15.7 Å². The standard InChI is InChI=1S/C16H15N3O4/c20-14(8-15(21)22)18-9-11-3-5-13(6-4-11)19-16(23)12-2-1-7-17-10-12/h1-7,10H,8-9H2,(H,18,20)(H,19,23)(H,21,22). The Kier molecular flexibility index (Phi) is 5.40.